The molecule has 0 aliphatic heterocycles. The summed E-state index contributed by atoms with van der Waals surface area (Å²) in [5.74, 6) is -0.791. The number of aliphatic hydroxyl groups excluding tert-OH is 1. The van der Waals surface area contributed by atoms with Gasteiger partial charge in [0.2, 0.25) is 0 Å². The maximum atomic E-state index is 12.9. The number of imidazole rings is 1. The van der Waals surface area contributed by atoms with Crippen molar-refractivity contribution in [2.24, 2.45) is 0 Å². The minimum Gasteiger partial charge on any atom is -0.392 e. The highest BCUT2D eigenvalue weighted by molar-refractivity contribution is 5.92. The van der Waals surface area contributed by atoms with Crippen LogP contribution in [0, 0.1) is 5.82 Å². The molecule has 17 heavy (non-hydrogen) atoms. The molecule has 0 saturated carbocycles. The summed E-state index contributed by atoms with van der Waals surface area (Å²) in [5.41, 5.74) is 0.685. The molecule has 2 N–H and O–H groups in total. The standard InChI is InChI=1S/C11H12FN3O2/c1-7(16)4-13-11(17)9-6-15-5-8(12)2-3-10(15)14-9/h2-3,5-7,16H,4H2,1H3,(H,13,17). The van der Waals surface area contributed by atoms with Gasteiger partial charge in [0.1, 0.15) is 17.2 Å². The second kappa shape index (κ2) is 4.50. The van der Waals surface area contributed by atoms with Crippen LogP contribution in [0.4, 0.5) is 4.39 Å². The summed E-state index contributed by atoms with van der Waals surface area (Å²) in [4.78, 5) is 15.6. The summed E-state index contributed by atoms with van der Waals surface area (Å²) < 4.78 is 14.4. The zero-order chi connectivity index (χ0) is 12.4. The number of nitrogens with one attached hydrogen (secondary N) is 1. The molecule has 0 aliphatic rings. The van der Waals surface area contributed by atoms with Crippen molar-refractivity contribution in [3.63, 3.8) is 0 Å². The van der Waals surface area contributed by atoms with Crippen molar-refractivity contribution in [2.45, 2.75) is 13.0 Å². The minimum atomic E-state index is -0.617. The highest BCUT2D eigenvalue weighted by atomic mass is 19.1. The van der Waals surface area contributed by atoms with Crippen molar-refractivity contribution in [1.29, 1.82) is 0 Å². The van der Waals surface area contributed by atoms with Gasteiger partial charge in [-0.1, -0.05) is 0 Å². The lowest BCUT2D eigenvalue weighted by Gasteiger charge is -2.04. The van der Waals surface area contributed by atoms with Crippen molar-refractivity contribution in [1.82, 2.24) is 14.7 Å². The van der Waals surface area contributed by atoms with Crippen LogP contribution in [0.1, 0.15) is 17.4 Å². The number of pyridine rings is 1. The van der Waals surface area contributed by atoms with E-state index in [0.717, 1.165) is 0 Å². The molecule has 0 aliphatic carbocycles. The zero-order valence-corrected chi connectivity index (χ0v) is 9.22. The SMILES string of the molecule is CC(O)CNC(=O)c1cn2cc(F)ccc2n1. The molecule has 1 amide bonds. The van der Waals surface area contributed by atoms with Gasteiger partial charge in [0.05, 0.1) is 6.10 Å². The maximum Gasteiger partial charge on any atom is 0.271 e. The number of nitrogens with zero attached hydrogens (tertiary/aromatic N) is 2. The quantitative estimate of drug-likeness (QED) is 0.820. The molecule has 1 unspecified atom stereocenters. The van der Waals surface area contributed by atoms with E-state index < -0.39 is 17.8 Å². The fourth-order valence-electron chi connectivity index (χ4n) is 1.41. The molecule has 0 saturated heterocycles. The van der Waals surface area contributed by atoms with Gasteiger partial charge in [-0.2, -0.15) is 0 Å². The number of hydrogen-bond donors (Lipinski definition) is 2. The van der Waals surface area contributed by atoms with E-state index in [1.54, 1.807) is 6.92 Å². The highest BCUT2D eigenvalue weighted by Crippen LogP contribution is 2.06. The molecule has 1 atom stereocenters. The van der Waals surface area contributed by atoms with Gasteiger partial charge in [0.25, 0.3) is 5.91 Å². The first-order valence-electron chi connectivity index (χ1n) is 5.17. The van der Waals surface area contributed by atoms with E-state index in [1.165, 1.54) is 28.9 Å². The monoisotopic (exact) mass is 237 g/mol. The summed E-state index contributed by atoms with van der Waals surface area (Å²) in [6.07, 6.45) is 2.07. The molecule has 2 aromatic rings. The van der Waals surface area contributed by atoms with Crippen LogP contribution in [0.5, 0.6) is 0 Å². The molecule has 2 heterocycles. The molecule has 0 fully saturated rings. The van der Waals surface area contributed by atoms with Gasteiger partial charge in [-0.05, 0) is 19.1 Å². The number of amides is 1. The number of aromatic nitrogens is 2. The average molecular weight is 237 g/mol. The van der Waals surface area contributed by atoms with E-state index in [0.29, 0.717) is 5.65 Å². The molecule has 0 bridgehead atoms. The predicted molar refractivity (Wildman–Crippen MR) is 59.2 cm³/mol. The lowest BCUT2D eigenvalue weighted by atomic mass is 10.4. The van der Waals surface area contributed by atoms with Crippen LogP contribution in [0.15, 0.2) is 24.5 Å². The predicted octanol–water partition coefficient (Wildman–Crippen LogP) is 0.584. The molecule has 6 heteroatoms. The van der Waals surface area contributed by atoms with E-state index in [1.807, 2.05) is 0 Å². The first-order chi connectivity index (χ1) is 8.06. The van der Waals surface area contributed by atoms with Crippen LogP contribution >= 0.6 is 0 Å². The summed E-state index contributed by atoms with van der Waals surface area (Å²) in [7, 11) is 0. The second-order valence-corrected chi connectivity index (χ2v) is 3.80. The lowest BCUT2D eigenvalue weighted by molar-refractivity contribution is 0.0919. The Morgan fingerprint density at radius 1 is 1.59 bits per heavy atom. The highest BCUT2D eigenvalue weighted by Gasteiger charge is 2.11. The van der Waals surface area contributed by atoms with Crippen LogP contribution in [0.3, 0.4) is 0 Å². The van der Waals surface area contributed by atoms with Crippen LogP contribution < -0.4 is 5.32 Å². The van der Waals surface area contributed by atoms with Crippen LogP contribution in [0.25, 0.3) is 5.65 Å². The number of rotatable bonds is 3. The fraction of sp³-hybridized carbons (Fsp3) is 0.273. The Balaban J connectivity index is 2.21. The van der Waals surface area contributed by atoms with E-state index >= 15 is 0 Å². The topological polar surface area (TPSA) is 66.6 Å². The molecule has 2 aromatic heterocycles. The van der Waals surface area contributed by atoms with Crippen molar-refractivity contribution in [3.05, 3.63) is 36.0 Å². The Kier molecular flexibility index (Phi) is 3.06. The smallest absolute Gasteiger partial charge is 0.271 e. The van der Waals surface area contributed by atoms with Gasteiger partial charge in [-0.3, -0.25) is 4.79 Å². The average Bonchev–Trinajstić information content (AvgIpc) is 2.68. The molecule has 90 valence electrons. The van der Waals surface area contributed by atoms with Gasteiger partial charge in [-0.25, -0.2) is 9.37 Å². The molecule has 0 spiro atoms. The van der Waals surface area contributed by atoms with Crippen molar-refractivity contribution in [2.75, 3.05) is 6.54 Å². The molecule has 2 rings (SSSR count). The number of carbonyl (C=O) groups is 1. The minimum absolute atomic E-state index is 0.154. The third-order valence-electron chi connectivity index (χ3n) is 2.21. The van der Waals surface area contributed by atoms with E-state index in [9.17, 15) is 9.18 Å². The molecule has 5 nitrogen and oxygen atoms in total. The third kappa shape index (κ3) is 2.59. The van der Waals surface area contributed by atoms with Crippen molar-refractivity contribution in [3.8, 4) is 0 Å². The van der Waals surface area contributed by atoms with E-state index in [4.69, 9.17) is 5.11 Å². The normalized spacial score (nSPS) is 12.6. The second-order valence-electron chi connectivity index (χ2n) is 3.80. The lowest BCUT2D eigenvalue weighted by Crippen LogP contribution is -2.30. The van der Waals surface area contributed by atoms with E-state index in [-0.39, 0.29) is 12.2 Å². The Labute approximate surface area is 96.9 Å². The summed E-state index contributed by atoms with van der Waals surface area (Å²) >= 11 is 0. The Morgan fingerprint density at radius 3 is 3.06 bits per heavy atom. The van der Waals surface area contributed by atoms with Gasteiger partial charge >= 0.3 is 0 Å². The molecule has 0 aromatic carbocycles. The molecule has 0 radical (unpaired) electrons. The first-order valence-corrected chi connectivity index (χ1v) is 5.17. The Bertz CT molecular complexity index is 551. The number of fused-ring (bicyclic) bond motifs is 1. The fourth-order valence-corrected chi connectivity index (χ4v) is 1.41. The van der Waals surface area contributed by atoms with Gasteiger partial charge in [-0.15, -0.1) is 0 Å². The van der Waals surface area contributed by atoms with Gasteiger partial charge in [0.15, 0.2) is 0 Å². The van der Waals surface area contributed by atoms with Crippen molar-refractivity contribution >= 4 is 11.6 Å². The summed E-state index contributed by atoms with van der Waals surface area (Å²) in [6, 6.07) is 2.76. The Morgan fingerprint density at radius 2 is 2.35 bits per heavy atom. The maximum absolute atomic E-state index is 12.9. The number of aliphatic hydroxyl groups is 1. The van der Waals surface area contributed by atoms with Crippen LogP contribution in [-0.2, 0) is 0 Å². The Hall–Kier alpha value is -1.95. The molecular weight excluding hydrogens is 225 g/mol. The van der Waals surface area contributed by atoms with E-state index in [2.05, 4.69) is 10.3 Å². The zero-order valence-electron chi connectivity index (χ0n) is 9.22. The van der Waals surface area contributed by atoms with Gasteiger partial charge < -0.3 is 14.8 Å². The number of hydrogen-bond acceptors (Lipinski definition) is 3. The molecular formula is C11H12FN3O2. The van der Waals surface area contributed by atoms with Crippen LogP contribution in [-0.4, -0.2) is 33.0 Å². The summed E-state index contributed by atoms with van der Waals surface area (Å²) in [5, 5.41) is 11.5. The first kappa shape index (κ1) is 11.5. The largest absolute Gasteiger partial charge is 0.392 e. The van der Waals surface area contributed by atoms with Gasteiger partial charge in [0, 0.05) is 18.9 Å². The van der Waals surface area contributed by atoms with Crippen LogP contribution in [0.2, 0.25) is 0 Å². The number of carbonyl (C=O) groups excluding carboxylic acids is 1. The number of halogens is 1. The van der Waals surface area contributed by atoms with Crippen molar-refractivity contribution < 1.29 is 14.3 Å². The summed E-state index contributed by atoms with van der Waals surface area (Å²) in [6.45, 7) is 1.72. The third-order valence-corrected chi connectivity index (χ3v) is 2.21.